The third-order valence-corrected chi connectivity index (χ3v) is 7.22. The Hall–Kier alpha value is 1.36. The van der Waals surface area contributed by atoms with Crippen LogP contribution in [0.15, 0.2) is 15.8 Å². The second-order valence-electron chi connectivity index (χ2n) is 5.83. The van der Waals surface area contributed by atoms with Gasteiger partial charge in [0.2, 0.25) is 0 Å². The van der Waals surface area contributed by atoms with Crippen LogP contribution in [0.25, 0.3) is 0 Å². The second-order valence-corrected chi connectivity index (χ2v) is 10.1. The number of H-pyrrole nitrogens is 1. The molecule has 1 saturated heterocycles. The molecule has 1 aromatic heterocycles. The van der Waals surface area contributed by atoms with Crippen LogP contribution in [0.2, 0.25) is 0 Å². The molecule has 0 bridgehead atoms. The number of rotatable bonds is 8. The van der Waals surface area contributed by atoms with Crippen LogP contribution in [0.4, 0.5) is 0 Å². The Bertz CT molecular complexity index is 1060. The maximum atomic E-state index is 11.9. The fraction of sp³-hybridized carbons (Fsp3) is 0.600. The van der Waals surface area contributed by atoms with Crippen LogP contribution in [0, 0.1) is 6.92 Å². The Morgan fingerprint density at radius 2 is 1.53 bits per heavy atom. The maximum Gasteiger partial charge on any atom is 1.00 e. The summed E-state index contributed by atoms with van der Waals surface area (Å²) in [5, 5.41) is 20.0. The van der Waals surface area contributed by atoms with Gasteiger partial charge in [-0.15, -0.1) is 0 Å². The van der Waals surface area contributed by atoms with Crippen LogP contribution in [-0.4, -0.2) is 44.7 Å². The third kappa shape index (κ3) is 11.4. The van der Waals surface area contributed by atoms with Crippen molar-refractivity contribution in [3.63, 3.8) is 0 Å². The van der Waals surface area contributed by atoms with Crippen LogP contribution in [0.1, 0.15) is 11.8 Å². The van der Waals surface area contributed by atoms with E-state index in [0.29, 0.717) is 4.57 Å². The standard InChI is InChI=1S/C10H17N2O15P3.4Li/c1-4-2-12(10(16)11-8(4)15)9-7(14)6(13)5(25-9)3-24-29(20,21)27-30(22,23)26-28(17,18)19;;;;/h2,5-7,9,13-14H,3H2,1H3,(H,20,21)(H,22,23)(H,11,15,16)(H2,17,18,19);;;;/q;4*+1/p-4/t5-,6-,7-,9-;;;;/m1..../s1. The van der Waals surface area contributed by atoms with Crippen LogP contribution in [-0.2, 0) is 31.6 Å². The summed E-state index contributed by atoms with van der Waals surface area (Å²) in [5.74, 6) is 0. The van der Waals surface area contributed by atoms with Crippen LogP contribution in [0.5, 0.6) is 0 Å². The number of aliphatic hydroxyl groups is 2. The molecule has 2 unspecified atom stereocenters. The van der Waals surface area contributed by atoms with Gasteiger partial charge in [-0.05, 0) is 6.92 Å². The summed E-state index contributed by atoms with van der Waals surface area (Å²) in [5.41, 5.74) is -1.71. The minimum absolute atomic E-state index is 0. The fourth-order valence-electron chi connectivity index (χ4n) is 2.32. The van der Waals surface area contributed by atoms with Gasteiger partial charge >= 0.3 is 81.1 Å². The molecule has 0 saturated carbocycles. The number of aromatic nitrogens is 2. The fourth-order valence-corrected chi connectivity index (χ4v) is 5.19. The molecule has 34 heavy (non-hydrogen) atoms. The first-order valence-corrected chi connectivity index (χ1v) is 11.9. The molecular formula is C10H13Li4N2O15P3. The van der Waals surface area contributed by atoms with Crippen molar-refractivity contribution in [3.8, 4) is 0 Å². The number of phosphoric ester groups is 1. The minimum Gasteiger partial charge on any atom is -0.790 e. The third-order valence-electron chi connectivity index (χ3n) is 3.55. The average molecular weight is 522 g/mol. The van der Waals surface area contributed by atoms with Gasteiger partial charge < -0.3 is 43.6 Å². The van der Waals surface area contributed by atoms with E-state index in [4.69, 9.17) is 4.74 Å². The van der Waals surface area contributed by atoms with Crippen molar-refractivity contribution in [2.24, 2.45) is 0 Å². The van der Waals surface area contributed by atoms with Gasteiger partial charge in [-0.25, -0.2) is 9.11 Å². The van der Waals surface area contributed by atoms with E-state index in [2.05, 4.69) is 13.1 Å². The molecule has 1 aromatic rings. The number of aryl methyl sites for hydroxylation is 1. The Labute approximate surface area is 239 Å². The van der Waals surface area contributed by atoms with E-state index >= 15 is 0 Å². The minimum atomic E-state index is -6.17. The Balaban J connectivity index is -0.00000240. The summed E-state index contributed by atoms with van der Waals surface area (Å²) in [6.45, 7) is 0.156. The average Bonchev–Trinajstić information content (AvgIpc) is 2.81. The zero-order valence-electron chi connectivity index (χ0n) is 18.6. The number of aliphatic hydroxyl groups excluding tert-OH is 2. The molecule has 0 amide bonds. The molecule has 2 rings (SSSR count). The first-order valence-electron chi connectivity index (χ1n) is 7.56. The van der Waals surface area contributed by atoms with E-state index in [0.717, 1.165) is 6.20 Å². The number of ether oxygens (including phenoxy) is 1. The molecule has 17 nitrogen and oxygen atoms in total. The molecule has 172 valence electrons. The van der Waals surface area contributed by atoms with Crippen LogP contribution >= 0.6 is 23.5 Å². The van der Waals surface area contributed by atoms with Gasteiger partial charge in [0, 0.05) is 11.8 Å². The van der Waals surface area contributed by atoms with Crippen molar-refractivity contribution in [2.45, 2.75) is 31.5 Å². The molecular weight excluding hydrogens is 509 g/mol. The summed E-state index contributed by atoms with van der Waals surface area (Å²) < 4.78 is 49.1. The van der Waals surface area contributed by atoms with Crippen molar-refractivity contribution < 1.29 is 137 Å². The van der Waals surface area contributed by atoms with Crippen molar-refractivity contribution in [1.29, 1.82) is 0 Å². The second kappa shape index (κ2) is 15.1. The van der Waals surface area contributed by atoms with E-state index in [1.54, 1.807) is 0 Å². The smallest absolute Gasteiger partial charge is 0.790 e. The predicted octanol–water partition coefficient (Wildman–Crippen LogP) is -16.7. The molecule has 0 spiro atoms. The quantitative estimate of drug-likeness (QED) is 0.211. The van der Waals surface area contributed by atoms with Gasteiger partial charge in [0.1, 0.15) is 18.3 Å². The van der Waals surface area contributed by atoms with Gasteiger partial charge in [-0.1, -0.05) is 0 Å². The molecule has 0 aromatic carbocycles. The molecule has 1 aliphatic heterocycles. The van der Waals surface area contributed by atoms with Crippen molar-refractivity contribution in [1.82, 2.24) is 9.55 Å². The molecule has 1 aliphatic rings. The van der Waals surface area contributed by atoms with Gasteiger partial charge in [-0.2, -0.15) is 0 Å². The van der Waals surface area contributed by atoms with Gasteiger partial charge in [0.25, 0.3) is 21.2 Å². The monoisotopic (exact) mass is 522 g/mol. The summed E-state index contributed by atoms with van der Waals surface area (Å²) in [6.07, 6.45) is -5.92. The number of nitrogens with zero attached hydrogens (tertiary/aromatic N) is 1. The normalized spacial score (nSPS) is 25.4. The van der Waals surface area contributed by atoms with Crippen molar-refractivity contribution in [2.75, 3.05) is 6.61 Å². The first-order chi connectivity index (χ1) is 13.5. The topological polar surface area (TPSA) is 276 Å². The van der Waals surface area contributed by atoms with E-state index < -0.39 is 65.9 Å². The largest absolute Gasteiger partial charge is 1.00 e. The van der Waals surface area contributed by atoms with E-state index in [9.17, 15) is 53.1 Å². The van der Waals surface area contributed by atoms with Gasteiger partial charge in [0.15, 0.2) is 6.23 Å². The molecule has 1 fully saturated rings. The van der Waals surface area contributed by atoms with E-state index in [1.807, 2.05) is 4.98 Å². The maximum absolute atomic E-state index is 11.9. The number of phosphoric acid groups is 3. The SMILES string of the molecule is Cc1cn([C@@H]2O[C@H](COP(=O)([O-])OP(=O)([O-])OP(=O)([O-])[O-])[C@@H](O)[C@H]2O)c(=O)[nH]c1=O.[Li+].[Li+].[Li+].[Li+]. The van der Waals surface area contributed by atoms with E-state index in [-0.39, 0.29) is 81.0 Å². The Morgan fingerprint density at radius 3 is 2.03 bits per heavy atom. The Kier molecular flexibility index (Phi) is 17.7. The van der Waals surface area contributed by atoms with Crippen LogP contribution in [0.3, 0.4) is 0 Å². The first kappa shape index (κ1) is 39.9. The summed E-state index contributed by atoms with van der Waals surface area (Å²) in [7, 11) is -18.2. The summed E-state index contributed by atoms with van der Waals surface area (Å²) in [4.78, 5) is 68.3. The summed E-state index contributed by atoms with van der Waals surface area (Å²) in [6, 6.07) is 0. The molecule has 0 radical (unpaired) electrons. The van der Waals surface area contributed by atoms with Gasteiger partial charge in [-0.3, -0.25) is 27.8 Å². The number of nitrogens with one attached hydrogen (secondary N) is 1. The number of aromatic amines is 1. The number of hydrogen-bond acceptors (Lipinski definition) is 15. The number of hydrogen-bond donors (Lipinski definition) is 3. The van der Waals surface area contributed by atoms with Crippen molar-refractivity contribution in [3.05, 3.63) is 32.6 Å². The zero-order chi connectivity index (χ0) is 23.1. The molecule has 24 heteroatoms. The Morgan fingerprint density at radius 1 is 1.00 bits per heavy atom. The molecule has 6 atom stereocenters. The molecule has 3 N–H and O–H groups in total. The van der Waals surface area contributed by atoms with Crippen molar-refractivity contribution >= 4 is 23.5 Å². The zero-order valence-corrected chi connectivity index (χ0v) is 21.3. The van der Waals surface area contributed by atoms with Crippen LogP contribution < -0.4 is 106 Å². The molecule has 2 heterocycles. The summed E-state index contributed by atoms with van der Waals surface area (Å²) >= 11 is 0. The predicted molar refractivity (Wildman–Crippen MR) is 82.9 cm³/mol. The molecule has 0 aliphatic carbocycles. The van der Waals surface area contributed by atoms with Gasteiger partial charge in [0.05, 0.1) is 14.4 Å². The van der Waals surface area contributed by atoms with E-state index in [1.165, 1.54) is 6.92 Å².